The molecular weight excluding hydrogens is 362 g/mol. The van der Waals surface area contributed by atoms with Gasteiger partial charge in [-0.3, -0.25) is 4.79 Å². The summed E-state index contributed by atoms with van der Waals surface area (Å²) in [5.41, 5.74) is 4.08. The molecule has 0 atom stereocenters. The molecule has 1 amide bonds. The molecule has 134 valence electrons. The predicted molar refractivity (Wildman–Crippen MR) is 106 cm³/mol. The maximum atomic E-state index is 12.5. The van der Waals surface area contributed by atoms with Gasteiger partial charge in [0.25, 0.3) is 5.91 Å². The predicted octanol–water partition coefficient (Wildman–Crippen LogP) is 5.36. The van der Waals surface area contributed by atoms with Gasteiger partial charge < -0.3 is 9.73 Å². The van der Waals surface area contributed by atoms with E-state index in [4.69, 9.17) is 16.0 Å². The molecule has 1 N–H and O–H groups in total. The van der Waals surface area contributed by atoms with E-state index in [0.29, 0.717) is 39.0 Å². The van der Waals surface area contributed by atoms with E-state index in [1.165, 1.54) is 5.56 Å². The summed E-state index contributed by atoms with van der Waals surface area (Å²) in [6.45, 7) is 2.07. The molecule has 0 saturated carbocycles. The topological polar surface area (TPSA) is 68.0 Å². The Balaban J connectivity index is 1.62. The number of anilines is 1. The Morgan fingerprint density at radius 3 is 2.70 bits per heavy atom. The molecule has 4 aromatic rings. The van der Waals surface area contributed by atoms with Gasteiger partial charge in [-0.1, -0.05) is 30.7 Å². The number of halogens is 1. The molecule has 0 radical (unpaired) electrons. The van der Waals surface area contributed by atoms with Gasteiger partial charge in [-0.25, -0.2) is 4.98 Å². The number of benzene rings is 2. The van der Waals surface area contributed by atoms with Crippen LogP contribution in [0, 0.1) is 0 Å². The number of nitrogens with one attached hydrogen (secondary N) is 1. The number of amides is 1. The largest absolute Gasteiger partial charge is 0.434 e. The van der Waals surface area contributed by atoms with Crippen LogP contribution in [0.25, 0.3) is 22.7 Å². The minimum absolute atomic E-state index is 0.226. The maximum Gasteiger partial charge on any atom is 0.255 e. The highest BCUT2D eigenvalue weighted by Crippen LogP contribution is 2.30. The summed E-state index contributed by atoms with van der Waals surface area (Å²) in [6, 6.07) is 16.3. The van der Waals surface area contributed by atoms with E-state index in [0.717, 1.165) is 6.42 Å². The number of hydrogen-bond acceptors (Lipinski definition) is 4. The zero-order valence-corrected chi connectivity index (χ0v) is 15.3. The van der Waals surface area contributed by atoms with Crippen LogP contribution >= 0.6 is 11.6 Å². The van der Waals surface area contributed by atoms with Gasteiger partial charge in [-0.2, -0.15) is 4.98 Å². The molecule has 2 heterocycles. The monoisotopic (exact) mass is 377 g/mol. The number of pyridine rings is 1. The van der Waals surface area contributed by atoms with Crippen molar-refractivity contribution >= 4 is 34.4 Å². The van der Waals surface area contributed by atoms with Crippen molar-refractivity contribution in [3.05, 3.63) is 76.9 Å². The normalized spacial score (nSPS) is 10.9. The molecule has 0 aliphatic carbocycles. The molecule has 0 saturated heterocycles. The van der Waals surface area contributed by atoms with Crippen LogP contribution in [0.1, 0.15) is 22.8 Å². The summed E-state index contributed by atoms with van der Waals surface area (Å²) in [5.74, 6) is 0.194. The molecule has 0 spiro atoms. The Hall–Kier alpha value is -3.18. The summed E-state index contributed by atoms with van der Waals surface area (Å²) in [5, 5.41) is 3.29. The maximum absolute atomic E-state index is 12.5. The number of oxazole rings is 1. The molecule has 0 aliphatic heterocycles. The van der Waals surface area contributed by atoms with E-state index < -0.39 is 0 Å². The third-order valence-corrected chi connectivity index (χ3v) is 4.58. The van der Waals surface area contributed by atoms with Gasteiger partial charge in [-0.15, -0.1) is 0 Å². The second-order valence-electron chi connectivity index (χ2n) is 6.04. The van der Waals surface area contributed by atoms with Crippen molar-refractivity contribution < 1.29 is 9.21 Å². The first kappa shape index (κ1) is 17.2. The fourth-order valence-electron chi connectivity index (χ4n) is 2.73. The molecular formula is C21H16ClN3O2. The summed E-state index contributed by atoms with van der Waals surface area (Å²) >= 11 is 6.26. The Bertz CT molecular complexity index is 1090. The molecule has 6 heteroatoms. The average Bonchev–Trinajstić information content (AvgIpc) is 3.14. The van der Waals surface area contributed by atoms with Gasteiger partial charge in [-0.05, 0) is 54.4 Å². The Labute approximate surface area is 161 Å². The number of fused-ring (bicyclic) bond motifs is 1. The summed E-state index contributed by atoms with van der Waals surface area (Å²) in [4.78, 5) is 21.1. The number of hydrogen-bond donors (Lipinski definition) is 1. The molecule has 2 aromatic carbocycles. The van der Waals surface area contributed by atoms with Crippen molar-refractivity contribution in [2.24, 2.45) is 0 Å². The summed E-state index contributed by atoms with van der Waals surface area (Å²) < 4.78 is 5.73. The van der Waals surface area contributed by atoms with Gasteiger partial charge in [0.2, 0.25) is 5.89 Å². The Kier molecular flexibility index (Phi) is 4.60. The Morgan fingerprint density at radius 1 is 1.15 bits per heavy atom. The number of carbonyl (C=O) groups excluding carboxylic acids is 1. The zero-order valence-electron chi connectivity index (χ0n) is 14.6. The van der Waals surface area contributed by atoms with Crippen LogP contribution in [-0.2, 0) is 6.42 Å². The first-order valence-corrected chi connectivity index (χ1v) is 8.93. The third kappa shape index (κ3) is 3.55. The molecule has 4 rings (SSSR count). The molecule has 0 aliphatic rings. The van der Waals surface area contributed by atoms with E-state index in [2.05, 4.69) is 22.2 Å². The fourth-order valence-corrected chi connectivity index (χ4v) is 2.90. The lowest BCUT2D eigenvalue weighted by Gasteiger charge is -2.09. The minimum Gasteiger partial charge on any atom is -0.434 e. The van der Waals surface area contributed by atoms with E-state index in [-0.39, 0.29) is 5.91 Å². The fraction of sp³-hybridized carbons (Fsp3) is 0.0952. The highest BCUT2D eigenvalue weighted by Gasteiger charge is 2.13. The van der Waals surface area contributed by atoms with Crippen molar-refractivity contribution in [2.45, 2.75) is 13.3 Å². The minimum atomic E-state index is -0.226. The molecule has 0 fully saturated rings. The number of aryl methyl sites for hydroxylation is 1. The van der Waals surface area contributed by atoms with Crippen molar-refractivity contribution in [2.75, 3.05) is 5.32 Å². The van der Waals surface area contributed by atoms with Gasteiger partial charge >= 0.3 is 0 Å². The van der Waals surface area contributed by atoms with Crippen LogP contribution in [0.4, 0.5) is 5.69 Å². The van der Waals surface area contributed by atoms with Crippen molar-refractivity contribution in [3.63, 3.8) is 0 Å². The van der Waals surface area contributed by atoms with Gasteiger partial charge in [0.05, 0.1) is 10.7 Å². The van der Waals surface area contributed by atoms with Crippen LogP contribution in [0.2, 0.25) is 5.02 Å². The van der Waals surface area contributed by atoms with Crippen molar-refractivity contribution in [1.82, 2.24) is 9.97 Å². The smallest absolute Gasteiger partial charge is 0.255 e. The highest BCUT2D eigenvalue weighted by atomic mass is 35.5. The van der Waals surface area contributed by atoms with E-state index >= 15 is 0 Å². The molecule has 27 heavy (non-hydrogen) atoms. The van der Waals surface area contributed by atoms with Gasteiger partial charge in [0.1, 0.15) is 0 Å². The van der Waals surface area contributed by atoms with Crippen LogP contribution in [0.5, 0.6) is 0 Å². The van der Waals surface area contributed by atoms with E-state index in [1.54, 1.807) is 48.7 Å². The molecule has 0 unspecified atom stereocenters. The average molecular weight is 378 g/mol. The van der Waals surface area contributed by atoms with Gasteiger partial charge in [0.15, 0.2) is 11.2 Å². The second-order valence-corrected chi connectivity index (χ2v) is 6.45. The SMILES string of the molecule is CCc1ccc(C(=O)Nc2cc(-c3nc4ncccc4o3)ccc2Cl)cc1. The molecule has 2 aromatic heterocycles. The van der Waals surface area contributed by atoms with Crippen LogP contribution in [-0.4, -0.2) is 15.9 Å². The van der Waals surface area contributed by atoms with E-state index in [9.17, 15) is 4.79 Å². The standard InChI is InChI=1S/C21H16ClN3O2/c1-2-13-5-7-14(8-6-13)20(26)24-17-12-15(9-10-16(17)22)21-25-19-18(27-21)4-3-11-23-19/h3-12H,2H2,1H3,(H,24,26). The van der Waals surface area contributed by atoms with Crippen molar-refractivity contribution in [3.8, 4) is 11.5 Å². The van der Waals surface area contributed by atoms with Crippen LogP contribution < -0.4 is 5.32 Å². The second kappa shape index (κ2) is 7.21. The Morgan fingerprint density at radius 2 is 1.96 bits per heavy atom. The number of aromatic nitrogens is 2. The summed E-state index contributed by atoms with van der Waals surface area (Å²) in [7, 11) is 0. The number of rotatable bonds is 4. The first-order valence-electron chi connectivity index (χ1n) is 8.56. The molecule has 5 nitrogen and oxygen atoms in total. The van der Waals surface area contributed by atoms with Gasteiger partial charge in [0, 0.05) is 17.3 Å². The first-order chi connectivity index (χ1) is 13.1. The van der Waals surface area contributed by atoms with Crippen LogP contribution in [0.3, 0.4) is 0 Å². The summed E-state index contributed by atoms with van der Waals surface area (Å²) in [6.07, 6.45) is 2.58. The highest BCUT2D eigenvalue weighted by molar-refractivity contribution is 6.34. The lowest BCUT2D eigenvalue weighted by atomic mass is 10.1. The lowest BCUT2D eigenvalue weighted by Crippen LogP contribution is -2.12. The number of nitrogens with zero attached hydrogens (tertiary/aromatic N) is 2. The van der Waals surface area contributed by atoms with Crippen molar-refractivity contribution in [1.29, 1.82) is 0 Å². The lowest BCUT2D eigenvalue weighted by molar-refractivity contribution is 0.102. The van der Waals surface area contributed by atoms with Crippen LogP contribution in [0.15, 0.2) is 65.2 Å². The quantitative estimate of drug-likeness (QED) is 0.520. The number of carbonyl (C=O) groups is 1. The third-order valence-electron chi connectivity index (χ3n) is 4.25. The zero-order chi connectivity index (χ0) is 18.8. The molecule has 0 bridgehead atoms. The van der Waals surface area contributed by atoms with E-state index in [1.807, 2.05) is 12.1 Å².